The van der Waals surface area contributed by atoms with Crippen LogP contribution in [-0.2, 0) is 0 Å². The molecule has 1 aliphatic rings. The molecule has 0 aromatic heterocycles. The Bertz CT molecular complexity index is 291. The quantitative estimate of drug-likeness (QED) is 0.450. The van der Waals surface area contributed by atoms with Gasteiger partial charge in [0.2, 0.25) is 0 Å². The summed E-state index contributed by atoms with van der Waals surface area (Å²) in [5.74, 6) is 1.28. The van der Waals surface area contributed by atoms with Gasteiger partial charge >= 0.3 is 0 Å². The van der Waals surface area contributed by atoms with E-state index in [4.69, 9.17) is 0 Å². The molecule has 2 atom stereocenters. The molecule has 15 heavy (non-hydrogen) atoms. The van der Waals surface area contributed by atoms with E-state index in [-0.39, 0.29) is 0 Å². The average molecular weight is 204 g/mol. The van der Waals surface area contributed by atoms with Gasteiger partial charge in [0.25, 0.3) is 0 Å². The van der Waals surface area contributed by atoms with Crippen LogP contribution >= 0.6 is 0 Å². The summed E-state index contributed by atoms with van der Waals surface area (Å²) in [5, 5.41) is 0. The van der Waals surface area contributed by atoms with Crippen LogP contribution in [0.3, 0.4) is 0 Å². The molecule has 0 aromatic rings. The molecule has 1 saturated carbocycles. The first kappa shape index (κ1) is 12.3. The van der Waals surface area contributed by atoms with Crippen LogP contribution in [0.25, 0.3) is 0 Å². The zero-order chi connectivity index (χ0) is 11.6. The Kier molecular flexibility index (Phi) is 3.59. The van der Waals surface area contributed by atoms with Crippen LogP contribution in [0.5, 0.6) is 0 Å². The van der Waals surface area contributed by atoms with Crippen molar-refractivity contribution in [3.8, 4) is 0 Å². The second kappa shape index (κ2) is 4.38. The van der Waals surface area contributed by atoms with Gasteiger partial charge in [0.05, 0.1) is 0 Å². The van der Waals surface area contributed by atoms with Crippen LogP contribution in [0.1, 0.15) is 40.5 Å². The van der Waals surface area contributed by atoms with Crippen LogP contribution < -0.4 is 0 Å². The van der Waals surface area contributed by atoms with Gasteiger partial charge in [-0.05, 0) is 31.1 Å². The smallest absolute Gasteiger partial charge is 0.00310 e. The Labute approximate surface area is 94.8 Å². The number of hydrogen-bond donors (Lipinski definition) is 0. The van der Waals surface area contributed by atoms with Crippen molar-refractivity contribution >= 4 is 0 Å². The number of hydrogen-bond acceptors (Lipinski definition) is 0. The highest BCUT2D eigenvalue weighted by Gasteiger charge is 2.38. The van der Waals surface area contributed by atoms with Crippen molar-refractivity contribution in [2.45, 2.75) is 40.5 Å². The van der Waals surface area contributed by atoms with Crippen molar-refractivity contribution in [2.75, 3.05) is 0 Å². The molecule has 1 aliphatic carbocycles. The van der Waals surface area contributed by atoms with Crippen LogP contribution in [0.4, 0.5) is 0 Å². The van der Waals surface area contributed by atoms with Gasteiger partial charge in [-0.2, -0.15) is 0 Å². The molecule has 84 valence electrons. The Morgan fingerprint density at radius 1 is 1.47 bits per heavy atom. The maximum Gasteiger partial charge on any atom is 0.00310 e. The first-order valence-electron chi connectivity index (χ1n) is 5.87. The van der Waals surface area contributed by atoms with Crippen LogP contribution in [-0.4, -0.2) is 0 Å². The van der Waals surface area contributed by atoms with E-state index in [1.54, 1.807) is 0 Å². The fourth-order valence-corrected chi connectivity index (χ4v) is 2.41. The molecule has 0 heteroatoms. The van der Waals surface area contributed by atoms with Crippen molar-refractivity contribution in [1.82, 2.24) is 0 Å². The summed E-state index contributed by atoms with van der Waals surface area (Å²) in [7, 11) is 0. The van der Waals surface area contributed by atoms with Gasteiger partial charge in [0, 0.05) is 5.92 Å². The topological polar surface area (TPSA) is 0 Å². The molecule has 0 spiro atoms. The molecule has 0 unspecified atom stereocenters. The normalized spacial score (nSPS) is 30.8. The molecule has 0 bridgehead atoms. The zero-order valence-electron chi connectivity index (χ0n) is 10.6. The van der Waals surface area contributed by atoms with Crippen LogP contribution in [0.2, 0.25) is 0 Å². The van der Waals surface area contributed by atoms with Gasteiger partial charge in [-0.15, -0.1) is 0 Å². The Hall–Kier alpha value is -0.780. The van der Waals surface area contributed by atoms with Crippen molar-refractivity contribution in [1.29, 1.82) is 0 Å². The van der Waals surface area contributed by atoms with Crippen molar-refractivity contribution in [3.63, 3.8) is 0 Å². The second-order valence-corrected chi connectivity index (χ2v) is 5.60. The van der Waals surface area contributed by atoms with Gasteiger partial charge < -0.3 is 0 Å². The van der Waals surface area contributed by atoms with E-state index in [1.807, 2.05) is 6.92 Å². The molecule has 0 radical (unpaired) electrons. The first-order chi connectivity index (χ1) is 6.85. The lowest BCUT2D eigenvalue weighted by Crippen LogP contribution is -2.35. The van der Waals surface area contributed by atoms with Crippen molar-refractivity contribution < 1.29 is 0 Å². The minimum absolute atomic E-state index is 0.335. The van der Waals surface area contributed by atoms with Gasteiger partial charge in [-0.3, -0.25) is 0 Å². The molecule has 0 aliphatic heterocycles. The SMILES string of the molecule is C=C(C)/C=C/[C@H]1C(=C)CC[C@@H](C)C1(C)C. The van der Waals surface area contributed by atoms with E-state index in [9.17, 15) is 0 Å². The molecular weight excluding hydrogens is 180 g/mol. The monoisotopic (exact) mass is 204 g/mol. The highest BCUT2D eigenvalue weighted by atomic mass is 14.4. The third-order valence-corrected chi connectivity index (χ3v) is 3.98. The molecule has 1 fully saturated rings. The fraction of sp³-hybridized carbons (Fsp3) is 0.600. The molecule has 0 aromatic carbocycles. The number of allylic oxidation sites excluding steroid dienone is 4. The Morgan fingerprint density at radius 3 is 2.60 bits per heavy atom. The molecule has 0 nitrogen and oxygen atoms in total. The standard InChI is InChI=1S/C15H24/c1-11(2)7-10-14-12(3)8-9-13(4)15(14,5)6/h7,10,13-14H,1,3,8-9H2,2,4-6H3/b10-7+/t13-,14+/m1/s1. The summed E-state index contributed by atoms with van der Waals surface area (Å²) in [4.78, 5) is 0. The highest BCUT2D eigenvalue weighted by molar-refractivity contribution is 5.22. The lowest BCUT2D eigenvalue weighted by Gasteiger charge is -2.44. The summed E-state index contributed by atoms with van der Waals surface area (Å²) in [6.07, 6.45) is 6.88. The predicted octanol–water partition coefficient (Wildman–Crippen LogP) is 4.75. The maximum absolute atomic E-state index is 4.22. The molecule has 0 heterocycles. The number of rotatable bonds is 2. The second-order valence-electron chi connectivity index (χ2n) is 5.60. The minimum atomic E-state index is 0.335. The van der Waals surface area contributed by atoms with E-state index >= 15 is 0 Å². The van der Waals surface area contributed by atoms with Crippen LogP contribution in [0.15, 0.2) is 36.5 Å². The third-order valence-electron chi connectivity index (χ3n) is 3.98. The van der Waals surface area contributed by atoms with Gasteiger partial charge in [0.15, 0.2) is 0 Å². The van der Waals surface area contributed by atoms with Crippen LogP contribution in [0, 0.1) is 17.3 Å². The molecule has 1 rings (SSSR count). The average Bonchev–Trinajstić information content (AvgIpc) is 2.11. The van der Waals surface area contributed by atoms with Gasteiger partial charge in [-0.25, -0.2) is 0 Å². The fourth-order valence-electron chi connectivity index (χ4n) is 2.41. The van der Waals surface area contributed by atoms with Gasteiger partial charge in [-0.1, -0.05) is 57.2 Å². The van der Waals surface area contributed by atoms with E-state index in [2.05, 4.69) is 46.1 Å². The zero-order valence-corrected chi connectivity index (χ0v) is 10.6. The minimum Gasteiger partial charge on any atom is -0.0992 e. The maximum atomic E-state index is 4.22. The molecular formula is C15H24. The lowest BCUT2D eigenvalue weighted by atomic mass is 9.61. The molecule has 0 amide bonds. The summed E-state index contributed by atoms with van der Waals surface area (Å²) in [6, 6.07) is 0. The largest absolute Gasteiger partial charge is 0.0992 e. The van der Waals surface area contributed by atoms with Gasteiger partial charge in [0.1, 0.15) is 0 Å². The van der Waals surface area contributed by atoms with Crippen molar-refractivity contribution in [2.24, 2.45) is 17.3 Å². The predicted molar refractivity (Wildman–Crippen MR) is 68.8 cm³/mol. The molecule has 0 saturated heterocycles. The van der Waals surface area contributed by atoms with E-state index < -0.39 is 0 Å². The van der Waals surface area contributed by atoms with E-state index in [0.717, 1.165) is 11.5 Å². The summed E-state index contributed by atoms with van der Waals surface area (Å²) in [5.41, 5.74) is 2.84. The van der Waals surface area contributed by atoms with Crippen molar-refractivity contribution in [3.05, 3.63) is 36.5 Å². The Balaban J connectivity index is 2.90. The molecule has 0 N–H and O–H groups in total. The third kappa shape index (κ3) is 2.62. The summed E-state index contributed by atoms with van der Waals surface area (Å²) < 4.78 is 0. The van der Waals surface area contributed by atoms with E-state index in [0.29, 0.717) is 11.3 Å². The highest BCUT2D eigenvalue weighted by Crippen LogP contribution is 2.47. The summed E-state index contributed by atoms with van der Waals surface area (Å²) >= 11 is 0. The summed E-state index contributed by atoms with van der Waals surface area (Å²) in [6.45, 7) is 17.2. The lowest BCUT2D eigenvalue weighted by molar-refractivity contribution is 0.141. The Morgan fingerprint density at radius 2 is 2.07 bits per heavy atom. The first-order valence-corrected chi connectivity index (χ1v) is 5.87. The van der Waals surface area contributed by atoms with E-state index in [1.165, 1.54) is 18.4 Å².